The second-order valence-electron chi connectivity index (χ2n) is 6.12. The summed E-state index contributed by atoms with van der Waals surface area (Å²) >= 11 is 0. The smallest absolute Gasteiger partial charge is 0.225 e. The second-order valence-corrected chi connectivity index (χ2v) is 6.12. The normalized spacial score (nSPS) is 25.8. The molecule has 2 aliphatic rings. The summed E-state index contributed by atoms with van der Waals surface area (Å²) in [7, 11) is 0. The molecule has 1 heterocycles. The van der Waals surface area contributed by atoms with E-state index in [1.54, 1.807) is 0 Å². The average molecular weight is 252 g/mol. The van der Waals surface area contributed by atoms with Crippen molar-refractivity contribution < 1.29 is 4.79 Å². The molecule has 0 aromatic heterocycles. The molecule has 0 aromatic rings. The van der Waals surface area contributed by atoms with E-state index in [2.05, 4.69) is 24.1 Å². The maximum atomic E-state index is 12.5. The number of piperidine rings is 1. The van der Waals surface area contributed by atoms with Crippen LogP contribution in [0.4, 0.5) is 0 Å². The van der Waals surface area contributed by atoms with Gasteiger partial charge >= 0.3 is 0 Å². The summed E-state index contributed by atoms with van der Waals surface area (Å²) in [6, 6.07) is 0.568. The first-order valence-corrected chi connectivity index (χ1v) is 7.73. The van der Waals surface area contributed by atoms with Crippen LogP contribution in [-0.2, 0) is 4.79 Å². The Labute approximate surface area is 111 Å². The summed E-state index contributed by atoms with van der Waals surface area (Å²) in [5.74, 6) is 1.30. The van der Waals surface area contributed by atoms with Crippen LogP contribution in [0.5, 0.6) is 0 Å². The standard InChI is InChI=1S/C15H28N2O/c1-3-5-12(2)15(18)17(14-7-8-14)11-13-6-4-9-16-10-13/h12-14,16H,3-11H2,1-2H3. The molecule has 2 atom stereocenters. The number of carbonyl (C=O) groups excluding carboxylic acids is 1. The van der Waals surface area contributed by atoms with Gasteiger partial charge in [0.2, 0.25) is 5.91 Å². The van der Waals surface area contributed by atoms with E-state index in [0.29, 0.717) is 17.9 Å². The Balaban J connectivity index is 1.88. The zero-order chi connectivity index (χ0) is 13.0. The summed E-state index contributed by atoms with van der Waals surface area (Å²) in [5, 5.41) is 3.45. The third-order valence-corrected chi connectivity index (χ3v) is 4.27. The topological polar surface area (TPSA) is 32.3 Å². The van der Waals surface area contributed by atoms with Gasteiger partial charge in [0.25, 0.3) is 0 Å². The van der Waals surface area contributed by atoms with Crippen molar-refractivity contribution in [1.82, 2.24) is 10.2 Å². The number of hydrogen-bond acceptors (Lipinski definition) is 2. The van der Waals surface area contributed by atoms with E-state index in [4.69, 9.17) is 0 Å². The van der Waals surface area contributed by atoms with E-state index in [1.165, 1.54) is 25.7 Å². The summed E-state index contributed by atoms with van der Waals surface area (Å²) in [5.41, 5.74) is 0. The fourth-order valence-electron chi connectivity index (χ4n) is 3.00. The Morgan fingerprint density at radius 1 is 1.39 bits per heavy atom. The minimum atomic E-state index is 0.215. The average Bonchev–Trinajstić information content (AvgIpc) is 3.21. The fraction of sp³-hybridized carbons (Fsp3) is 0.933. The Kier molecular flexibility index (Phi) is 5.04. The van der Waals surface area contributed by atoms with Crippen LogP contribution in [0.2, 0.25) is 0 Å². The first-order valence-electron chi connectivity index (χ1n) is 7.73. The monoisotopic (exact) mass is 252 g/mol. The van der Waals surface area contributed by atoms with Gasteiger partial charge in [0.1, 0.15) is 0 Å². The van der Waals surface area contributed by atoms with Crippen molar-refractivity contribution in [3.63, 3.8) is 0 Å². The molecule has 0 aromatic carbocycles. The molecule has 18 heavy (non-hydrogen) atoms. The maximum absolute atomic E-state index is 12.5. The first-order chi connectivity index (χ1) is 8.72. The molecule has 1 saturated heterocycles. The van der Waals surface area contributed by atoms with Crippen LogP contribution in [-0.4, -0.2) is 36.5 Å². The molecule has 1 N–H and O–H groups in total. The van der Waals surface area contributed by atoms with Crippen LogP contribution in [0.25, 0.3) is 0 Å². The highest BCUT2D eigenvalue weighted by Crippen LogP contribution is 2.30. The largest absolute Gasteiger partial charge is 0.339 e. The van der Waals surface area contributed by atoms with Gasteiger partial charge in [-0.2, -0.15) is 0 Å². The highest BCUT2D eigenvalue weighted by atomic mass is 16.2. The quantitative estimate of drug-likeness (QED) is 0.787. The van der Waals surface area contributed by atoms with E-state index >= 15 is 0 Å². The Hall–Kier alpha value is -0.570. The van der Waals surface area contributed by atoms with Gasteiger partial charge in [-0.05, 0) is 51.1 Å². The predicted molar refractivity (Wildman–Crippen MR) is 74.4 cm³/mol. The van der Waals surface area contributed by atoms with E-state index in [0.717, 1.165) is 32.5 Å². The molecule has 2 fully saturated rings. The molecular weight excluding hydrogens is 224 g/mol. The van der Waals surface area contributed by atoms with E-state index in [9.17, 15) is 4.79 Å². The number of nitrogens with one attached hydrogen (secondary N) is 1. The molecular formula is C15H28N2O. The Morgan fingerprint density at radius 3 is 2.72 bits per heavy atom. The number of amides is 1. The van der Waals surface area contributed by atoms with Gasteiger partial charge in [0, 0.05) is 18.5 Å². The van der Waals surface area contributed by atoms with Crippen LogP contribution in [0.3, 0.4) is 0 Å². The zero-order valence-corrected chi connectivity index (χ0v) is 12.0. The minimum Gasteiger partial charge on any atom is -0.339 e. The molecule has 104 valence electrons. The van der Waals surface area contributed by atoms with Crippen molar-refractivity contribution in [2.24, 2.45) is 11.8 Å². The molecule has 0 radical (unpaired) electrons. The lowest BCUT2D eigenvalue weighted by Crippen LogP contribution is -2.44. The van der Waals surface area contributed by atoms with Crippen LogP contribution in [0.1, 0.15) is 52.4 Å². The summed E-state index contributed by atoms with van der Waals surface area (Å²) in [4.78, 5) is 14.7. The van der Waals surface area contributed by atoms with Gasteiger partial charge in [-0.3, -0.25) is 4.79 Å². The maximum Gasteiger partial charge on any atom is 0.225 e. The summed E-state index contributed by atoms with van der Waals surface area (Å²) in [6.45, 7) is 7.50. The molecule has 0 bridgehead atoms. The second kappa shape index (κ2) is 6.55. The van der Waals surface area contributed by atoms with Crippen molar-refractivity contribution in [3.8, 4) is 0 Å². The van der Waals surface area contributed by atoms with Gasteiger partial charge in [-0.1, -0.05) is 20.3 Å². The molecule has 2 unspecified atom stereocenters. The van der Waals surface area contributed by atoms with Crippen LogP contribution >= 0.6 is 0 Å². The third-order valence-electron chi connectivity index (χ3n) is 4.27. The lowest BCUT2D eigenvalue weighted by atomic mass is 9.97. The van der Waals surface area contributed by atoms with Crippen LogP contribution in [0, 0.1) is 11.8 Å². The lowest BCUT2D eigenvalue weighted by Gasteiger charge is -2.32. The van der Waals surface area contributed by atoms with Gasteiger partial charge in [-0.25, -0.2) is 0 Å². The van der Waals surface area contributed by atoms with E-state index < -0.39 is 0 Å². The lowest BCUT2D eigenvalue weighted by molar-refractivity contribution is -0.136. The van der Waals surface area contributed by atoms with Gasteiger partial charge in [0.15, 0.2) is 0 Å². The molecule has 3 nitrogen and oxygen atoms in total. The highest BCUT2D eigenvalue weighted by Gasteiger charge is 2.35. The molecule has 2 rings (SSSR count). The fourth-order valence-corrected chi connectivity index (χ4v) is 3.00. The number of rotatable bonds is 6. The third kappa shape index (κ3) is 3.71. The van der Waals surface area contributed by atoms with Crippen molar-refractivity contribution in [3.05, 3.63) is 0 Å². The Bertz CT molecular complexity index is 270. The van der Waals surface area contributed by atoms with Gasteiger partial charge in [-0.15, -0.1) is 0 Å². The van der Waals surface area contributed by atoms with Crippen LogP contribution < -0.4 is 5.32 Å². The summed E-state index contributed by atoms with van der Waals surface area (Å²) in [6.07, 6.45) is 7.14. The van der Waals surface area contributed by atoms with Crippen molar-refractivity contribution in [2.45, 2.75) is 58.4 Å². The molecule has 1 aliphatic heterocycles. The minimum absolute atomic E-state index is 0.215. The van der Waals surface area contributed by atoms with Crippen molar-refractivity contribution >= 4 is 5.91 Å². The number of carbonyl (C=O) groups is 1. The van der Waals surface area contributed by atoms with Gasteiger partial charge < -0.3 is 10.2 Å². The van der Waals surface area contributed by atoms with Crippen molar-refractivity contribution in [1.29, 1.82) is 0 Å². The van der Waals surface area contributed by atoms with E-state index in [-0.39, 0.29) is 5.92 Å². The van der Waals surface area contributed by atoms with E-state index in [1.807, 2.05) is 0 Å². The molecule has 0 spiro atoms. The van der Waals surface area contributed by atoms with Gasteiger partial charge in [0.05, 0.1) is 0 Å². The first kappa shape index (κ1) is 13.9. The number of hydrogen-bond donors (Lipinski definition) is 1. The summed E-state index contributed by atoms with van der Waals surface area (Å²) < 4.78 is 0. The predicted octanol–water partition coefficient (Wildman–Crippen LogP) is 2.41. The van der Waals surface area contributed by atoms with Crippen molar-refractivity contribution in [2.75, 3.05) is 19.6 Å². The van der Waals surface area contributed by atoms with Crippen LogP contribution in [0.15, 0.2) is 0 Å². The number of nitrogens with zero attached hydrogens (tertiary/aromatic N) is 1. The zero-order valence-electron chi connectivity index (χ0n) is 12.0. The highest BCUT2D eigenvalue weighted by molar-refractivity contribution is 5.79. The Morgan fingerprint density at radius 2 is 2.17 bits per heavy atom. The molecule has 1 amide bonds. The molecule has 1 saturated carbocycles. The molecule has 3 heteroatoms. The SMILES string of the molecule is CCCC(C)C(=O)N(CC1CCCNC1)C1CC1. The molecule has 1 aliphatic carbocycles.